The van der Waals surface area contributed by atoms with Crippen molar-refractivity contribution in [2.24, 2.45) is 5.73 Å². The van der Waals surface area contributed by atoms with E-state index in [0.717, 1.165) is 6.54 Å². The van der Waals surface area contributed by atoms with Crippen molar-refractivity contribution in [1.82, 2.24) is 6.15 Å². The number of hydrogen-bond donors (Lipinski definition) is 2. The van der Waals surface area contributed by atoms with Crippen molar-refractivity contribution in [3.05, 3.63) is 0 Å². The lowest BCUT2D eigenvalue weighted by molar-refractivity contribution is 0.727. The average molecular weight is 122 g/mol. The zero-order valence-electron chi connectivity index (χ0n) is 5.85. The van der Waals surface area contributed by atoms with Crippen LogP contribution in [0, 0.1) is 0 Å². The third-order valence-electron chi connectivity index (χ3n) is 0.808. The highest BCUT2D eigenvalue weighted by Crippen LogP contribution is 1.88. The van der Waals surface area contributed by atoms with Gasteiger partial charge in [-0.1, -0.05) is 19.8 Å². The third kappa shape index (κ3) is 16.9. The largest absolute Gasteiger partial charge is 0.870 e. The Morgan fingerprint density at radius 2 is 1.75 bits per heavy atom. The summed E-state index contributed by atoms with van der Waals surface area (Å²) in [6.07, 6.45) is 3.75. The Kier molecular flexibility index (Phi) is 30.9. The molecule has 0 aliphatic carbocycles. The first-order valence-electron chi connectivity index (χ1n) is 2.62. The lowest BCUT2D eigenvalue weighted by Gasteiger charge is -1.86. The molecule has 54 valence electrons. The molecule has 0 fully saturated rings. The number of unbranched alkanes of at least 4 members (excludes halogenated alkanes) is 2. The highest BCUT2D eigenvalue weighted by molar-refractivity contribution is 4.34. The molecule has 0 heterocycles. The normalized spacial score (nSPS) is 6.75. The average Bonchev–Trinajstić information content (AvgIpc) is 1.61. The van der Waals surface area contributed by atoms with Gasteiger partial charge in [0.2, 0.25) is 0 Å². The molecule has 7 N–H and O–H groups in total. The molecule has 3 nitrogen and oxygen atoms in total. The summed E-state index contributed by atoms with van der Waals surface area (Å²) in [6, 6.07) is 0. The minimum absolute atomic E-state index is 0. The molecule has 0 aromatic rings. The highest BCUT2D eigenvalue weighted by atomic mass is 16.0. The van der Waals surface area contributed by atoms with Crippen molar-refractivity contribution < 1.29 is 5.48 Å². The van der Waals surface area contributed by atoms with Crippen LogP contribution >= 0.6 is 0 Å². The van der Waals surface area contributed by atoms with E-state index in [9.17, 15) is 0 Å². The quantitative estimate of drug-likeness (QED) is 0.552. The number of rotatable bonds is 3. The summed E-state index contributed by atoms with van der Waals surface area (Å²) in [4.78, 5) is 0. The predicted molar refractivity (Wildman–Crippen MR) is 36.5 cm³/mol. The summed E-state index contributed by atoms with van der Waals surface area (Å²) in [5.74, 6) is 0. The van der Waals surface area contributed by atoms with Crippen molar-refractivity contribution in [2.75, 3.05) is 6.54 Å². The second-order valence-electron chi connectivity index (χ2n) is 1.50. The van der Waals surface area contributed by atoms with Gasteiger partial charge in [-0.3, -0.25) is 0 Å². The summed E-state index contributed by atoms with van der Waals surface area (Å²) < 4.78 is 0. The molecule has 0 aliphatic heterocycles. The van der Waals surface area contributed by atoms with Gasteiger partial charge in [0, 0.05) is 0 Å². The molecule has 0 radical (unpaired) electrons. The van der Waals surface area contributed by atoms with Gasteiger partial charge in [0.05, 0.1) is 0 Å². The fourth-order valence-corrected chi connectivity index (χ4v) is 0.394. The van der Waals surface area contributed by atoms with Gasteiger partial charge < -0.3 is 17.4 Å². The third-order valence-corrected chi connectivity index (χ3v) is 0.808. The first-order valence-corrected chi connectivity index (χ1v) is 2.62. The molecule has 0 bridgehead atoms. The molecule has 0 aromatic heterocycles. The maximum atomic E-state index is 5.21. The Morgan fingerprint density at radius 1 is 1.25 bits per heavy atom. The molecule has 0 spiro atoms. The molecule has 0 saturated heterocycles. The summed E-state index contributed by atoms with van der Waals surface area (Å²) in [7, 11) is 0. The standard InChI is InChI=1S/C5H13N.H3N.H2O/c1-2-3-4-5-6;;/h2-6H2,1H3;1H3;1H2. The van der Waals surface area contributed by atoms with Crippen LogP contribution in [0.3, 0.4) is 0 Å². The van der Waals surface area contributed by atoms with Crippen LogP contribution in [0.25, 0.3) is 0 Å². The van der Waals surface area contributed by atoms with E-state index in [1.165, 1.54) is 19.3 Å². The molecule has 0 saturated carbocycles. The molecular formula is C5H18N2O. The Balaban J connectivity index is -0.000000125. The summed E-state index contributed by atoms with van der Waals surface area (Å²) in [6.45, 7) is 3.03. The second kappa shape index (κ2) is 15.8. The zero-order valence-corrected chi connectivity index (χ0v) is 5.85. The second-order valence-corrected chi connectivity index (χ2v) is 1.50. The Morgan fingerprint density at radius 3 is 1.88 bits per heavy atom. The van der Waals surface area contributed by atoms with Crippen LogP contribution in [0.1, 0.15) is 26.2 Å². The molecule has 3 heteroatoms. The van der Waals surface area contributed by atoms with E-state index in [2.05, 4.69) is 6.92 Å². The zero-order chi connectivity index (χ0) is 4.83. The Labute approximate surface area is 51.2 Å². The highest BCUT2D eigenvalue weighted by Gasteiger charge is 1.75. The molecule has 0 rings (SSSR count). The van der Waals surface area contributed by atoms with Crippen LogP contribution in [-0.2, 0) is 0 Å². The van der Waals surface area contributed by atoms with Crippen LogP contribution in [0.15, 0.2) is 0 Å². The van der Waals surface area contributed by atoms with E-state index >= 15 is 0 Å². The molecular weight excluding hydrogens is 104 g/mol. The predicted octanol–water partition coefficient (Wildman–Crippen LogP) is 1.33. The van der Waals surface area contributed by atoms with E-state index in [1.54, 1.807) is 0 Å². The van der Waals surface area contributed by atoms with Gasteiger partial charge in [-0.25, -0.2) is 0 Å². The molecule has 0 atom stereocenters. The van der Waals surface area contributed by atoms with E-state index in [4.69, 9.17) is 5.73 Å². The van der Waals surface area contributed by atoms with E-state index < -0.39 is 0 Å². The molecule has 8 heavy (non-hydrogen) atoms. The molecule has 0 unspecified atom stereocenters. The summed E-state index contributed by atoms with van der Waals surface area (Å²) in [5, 5.41) is 0. The van der Waals surface area contributed by atoms with Gasteiger partial charge >= 0.3 is 0 Å². The van der Waals surface area contributed by atoms with Gasteiger partial charge in [-0.05, 0) is 13.0 Å². The Hall–Kier alpha value is -0.120. The molecule has 0 amide bonds. The first-order chi connectivity index (χ1) is 2.91. The van der Waals surface area contributed by atoms with Crippen LogP contribution in [-0.4, -0.2) is 12.0 Å². The smallest absolute Gasteiger partial charge is 0.00773 e. The fraction of sp³-hybridized carbons (Fsp3) is 1.00. The van der Waals surface area contributed by atoms with E-state index in [0.29, 0.717) is 0 Å². The van der Waals surface area contributed by atoms with E-state index in [1.807, 2.05) is 0 Å². The maximum Gasteiger partial charge on any atom is -0.00773 e. The first kappa shape index (κ1) is 15.7. The van der Waals surface area contributed by atoms with Crippen LogP contribution in [0.4, 0.5) is 0 Å². The summed E-state index contributed by atoms with van der Waals surface area (Å²) >= 11 is 0. The Bertz CT molecular complexity index is 22.4. The maximum absolute atomic E-state index is 5.21. The van der Waals surface area contributed by atoms with Crippen molar-refractivity contribution >= 4 is 0 Å². The lowest BCUT2D eigenvalue weighted by atomic mass is 10.3. The summed E-state index contributed by atoms with van der Waals surface area (Å²) in [5.41, 5.74) is 5.21. The number of hydrogen-bond acceptors (Lipinski definition) is 2. The minimum atomic E-state index is 0. The van der Waals surface area contributed by atoms with Gasteiger partial charge in [0.15, 0.2) is 0 Å². The van der Waals surface area contributed by atoms with Crippen molar-refractivity contribution in [3.63, 3.8) is 0 Å². The molecule has 0 aromatic carbocycles. The molecule has 0 aliphatic rings. The van der Waals surface area contributed by atoms with Crippen LogP contribution in [0.2, 0.25) is 0 Å². The van der Waals surface area contributed by atoms with Crippen LogP contribution < -0.4 is 11.9 Å². The van der Waals surface area contributed by atoms with Crippen LogP contribution in [0.5, 0.6) is 0 Å². The SMILES string of the molecule is CCCCCN.[NH4+].[OH-]. The van der Waals surface area contributed by atoms with Gasteiger partial charge in [-0.15, -0.1) is 0 Å². The monoisotopic (exact) mass is 122 g/mol. The topological polar surface area (TPSA) is 92.5 Å². The number of quaternary nitrogens is 1. The number of nitrogens with two attached hydrogens (primary N) is 1. The van der Waals surface area contributed by atoms with Crippen molar-refractivity contribution in [3.8, 4) is 0 Å². The lowest BCUT2D eigenvalue weighted by Crippen LogP contribution is -1.96. The van der Waals surface area contributed by atoms with Crippen molar-refractivity contribution in [1.29, 1.82) is 0 Å². The van der Waals surface area contributed by atoms with Gasteiger partial charge in [0.25, 0.3) is 0 Å². The van der Waals surface area contributed by atoms with Gasteiger partial charge in [-0.2, -0.15) is 0 Å². The van der Waals surface area contributed by atoms with E-state index in [-0.39, 0.29) is 11.6 Å². The van der Waals surface area contributed by atoms with Crippen molar-refractivity contribution in [2.45, 2.75) is 26.2 Å². The fourth-order valence-electron chi connectivity index (χ4n) is 0.394. The van der Waals surface area contributed by atoms with Gasteiger partial charge in [0.1, 0.15) is 0 Å². The minimum Gasteiger partial charge on any atom is -0.870 e.